The van der Waals surface area contributed by atoms with E-state index in [2.05, 4.69) is 20.3 Å². The summed E-state index contributed by atoms with van der Waals surface area (Å²) in [4.78, 5) is 11.9. The molecule has 0 radical (unpaired) electrons. The molecule has 1 N–H and O–H groups in total. The van der Waals surface area contributed by atoms with E-state index in [1.807, 2.05) is 0 Å². The fourth-order valence-electron chi connectivity index (χ4n) is 1.14. The lowest BCUT2D eigenvalue weighted by molar-refractivity contribution is 0.414. The molecule has 2 aromatic heterocycles. The number of anilines is 2. The summed E-state index contributed by atoms with van der Waals surface area (Å²) in [6, 6.07) is 5.22. The van der Waals surface area contributed by atoms with Crippen molar-refractivity contribution in [1.82, 2.24) is 15.0 Å². The Morgan fingerprint density at radius 1 is 1.19 bits per heavy atom. The maximum atomic E-state index is 5.66. The molecule has 0 spiro atoms. The highest BCUT2D eigenvalue weighted by Crippen LogP contribution is 2.17. The van der Waals surface area contributed by atoms with Gasteiger partial charge < -0.3 is 10.1 Å². The van der Waals surface area contributed by atoms with Crippen molar-refractivity contribution < 1.29 is 4.74 Å². The fraction of sp³-hybridized carbons (Fsp3) is 0.100. The van der Waals surface area contributed by atoms with Crippen LogP contribution in [0.15, 0.2) is 30.6 Å². The van der Waals surface area contributed by atoms with E-state index in [-0.39, 0.29) is 5.28 Å². The summed E-state index contributed by atoms with van der Waals surface area (Å²) >= 11 is 5.66. The van der Waals surface area contributed by atoms with Crippen LogP contribution < -0.4 is 10.1 Å². The monoisotopic (exact) mass is 236 g/mol. The highest BCUT2D eigenvalue weighted by molar-refractivity contribution is 6.28. The number of rotatable bonds is 3. The molecule has 0 unspecified atom stereocenters. The van der Waals surface area contributed by atoms with Crippen LogP contribution in [0.5, 0.6) is 5.75 Å². The summed E-state index contributed by atoms with van der Waals surface area (Å²) in [6.45, 7) is 0. The van der Waals surface area contributed by atoms with Crippen LogP contribution >= 0.6 is 11.6 Å². The van der Waals surface area contributed by atoms with Gasteiger partial charge in [-0.15, -0.1) is 0 Å². The lowest BCUT2D eigenvalue weighted by atomic mass is 10.4. The topological polar surface area (TPSA) is 59.9 Å². The molecule has 0 amide bonds. The third-order valence-electron chi connectivity index (χ3n) is 1.85. The van der Waals surface area contributed by atoms with Crippen molar-refractivity contribution in [3.8, 4) is 5.75 Å². The molecule has 0 aliphatic rings. The molecule has 2 rings (SSSR count). The number of ether oxygens (including phenoxy) is 1. The Balaban J connectivity index is 2.20. The van der Waals surface area contributed by atoms with Crippen molar-refractivity contribution in [2.45, 2.75) is 0 Å². The molecule has 2 aromatic rings. The second-order valence-electron chi connectivity index (χ2n) is 2.92. The molecule has 82 valence electrons. The first-order chi connectivity index (χ1) is 7.78. The maximum absolute atomic E-state index is 5.66. The number of halogens is 1. The van der Waals surface area contributed by atoms with Gasteiger partial charge in [0.05, 0.1) is 7.11 Å². The predicted octanol–water partition coefficient (Wildman–Crippen LogP) is 2.28. The fourth-order valence-corrected chi connectivity index (χ4v) is 1.29. The van der Waals surface area contributed by atoms with E-state index in [4.69, 9.17) is 16.3 Å². The Kier molecular flexibility index (Phi) is 3.16. The van der Waals surface area contributed by atoms with E-state index in [0.717, 1.165) is 5.75 Å². The van der Waals surface area contributed by atoms with Crippen LogP contribution in [0.1, 0.15) is 0 Å². The number of hydrogen-bond donors (Lipinski definition) is 1. The third-order valence-corrected chi connectivity index (χ3v) is 2.03. The minimum atomic E-state index is 0.188. The number of hydrogen-bond acceptors (Lipinski definition) is 5. The first kappa shape index (κ1) is 10.6. The largest absolute Gasteiger partial charge is 0.497 e. The third kappa shape index (κ3) is 2.58. The molecular weight excluding hydrogens is 228 g/mol. The number of aromatic nitrogens is 3. The number of methoxy groups -OCH3 is 1. The SMILES string of the molecule is COc1ccnc(Nc2ccnc(Cl)n2)c1. The Morgan fingerprint density at radius 3 is 2.75 bits per heavy atom. The van der Waals surface area contributed by atoms with Gasteiger partial charge in [-0.3, -0.25) is 0 Å². The van der Waals surface area contributed by atoms with Crippen molar-refractivity contribution >= 4 is 23.2 Å². The van der Waals surface area contributed by atoms with Crippen molar-refractivity contribution in [2.75, 3.05) is 12.4 Å². The average Bonchev–Trinajstić information content (AvgIpc) is 2.29. The Morgan fingerprint density at radius 2 is 2.00 bits per heavy atom. The van der Waals surface area contributed by atoms with Gasteiger partial charge in [0.25, 0.3) is 0 Å². The molecular formula is C10H9ClN4O. The smallest absolute Gasteiger partial charge is 0.224 e. The van der Waals surface area contributed by atoms with Crippen LogP contribution in [-0.4, -0.2) is 22.1 Å². The molecule has 0 aliphatic carbocycles. The molecule has 2 heterocycles. The van der Waals surface area contributed by atoms with Crippen LogP contribution in [-0.2, 0) is 0 Å². The lowest BCUT2D eigenvalue weighted by Gasteiger charge is -2.05. The minimum absolute atomic E-state index is 0.188. The minimum Gasteiger partial charge on any atom is -0.497 e. The summed E-state index contributed by atoms with van der Waals surface area (Å²) in [5.74, 6) is 1.94. The first-order valence-electron chi connectivity index (χ1n) is 4.53. The zero-order chi connectivity index (χ0) is 11.4. The van der Waals surface area contributed by atoms with Crippen LogP contribution in [0.4, 0.5) is 11.6 Å². The second-order valence-corrected chi connectivity index (χ2v) is 3.25. The van der Waals surface area contributed by atoms with E-state index >= 15 is 0 Å². The predicted molar refractivity (Wildman–Crippen MR) is 61.1 cm³/mol. The molecule has 0 fully saturated rings. The van der Waals surface area contributed by atoms with Crippen LogP contribution in [0.2, 0.25) is 5.28 Å². The molecule has 0 atom stereocenters. The van der Waals surface area contributed by atoms with Crippen molar-refractivity contribution in [1.29, 1.82) is 0 Å². The van der Waals surface area contributed by atoms with Gasteiger partial charge in [-0.25, -0.2) is 15.0 Å². The zero-order valence-electron chi connectivity index (χ0n) is 8.51. The normalized spacial score (nSPS) is 9.88. The Labute approximate surface area is 97.5 Å². The first-order valence-corrected chi connectivity index (χ1v) is 4.91. The van der Waals surface area contributed by atoms with Gasteiger partial charge in [0.2, 0.25) is 5.28 Å². The van der Waals surface area contributed by atoms with Crippen LogP contribution in [0, 0.1) is 0 Å². The summed E-state index contributed by atoms with van der Waals surface area (Å²) in [5, 5.41) is 3.18. The van der Waals surface area contributed by atoms with Gasteiger partial charge in [-0.1, -0.05) is 0 Å². The summed E-state index contributed by atoms with van der Waals surface area (Å²) in [6.07, 6.45) is 3.21. The van der Waals surface area contributed by atoms with E-state index in [9.17, 15) is 0 Å². The number of nitrogens with one attached hydrogen (secondary N) is 1. The highest BCUT2D eigenvalue weighted by atomic mass is 35.5. The quantitative estimate of drug-likeness (QED) is 0.829. The molecule has 0 aliphatic heterocycles. The van der Waals surface area contributed by atoms with Crippen molar-refractivity contribution in [2.24, 2.45) is 0 Å². The number of nitrogens with zero attached hydrogens (tertiary/aromatic N) is 3. The number of pyridine rings is 1. The van der Waals surface area contributed by atoms with E-state index < -0.39 is 0 Å². The molecule has 0 saturated heterocycles. The molecule has 0 bridgehead atoms. The molecule has 0 aromatic carbocycles. The molecule has 5 nitrogen and oxygen atoms in total. The van der Waals surface area contributed by atoms with E-state index in [0.29, 0.717) is 11.6 Å². The van der Waals surface area contributed by atoms with Crippen LogP contribution in [0.3, 0.4) is 0 Å². The van der Waals surface area contributed by atoms with Gasteiger partial charge in [-0.05, 0) is 23.7 Å². The van der Waals surface area contributed by atoms with Gasteiger partial charge in [0, 0.05) is 18.5 Å². The Bertz CT molecular complexity index is 492. The summed E-state index contributed by atoms with van der Waals surface area (Å²) in [5.41, 5.74) is 0. The van der Waals surface area contributed by atoms with Gasteiger partial charge in [0.15, 0.2) is 0 Å². The van der Waals surface area contributed by atoms with Gasteiger partial charge in [0.1, 0.15) is 17.4 Å². The van der Waals surface area contributed by atoms with Crippen LogP contribution in [0.25, 0.3) is 0 Å². The zero-order valence-corrected chi connectivity index (χ0v) is 9.27. The van der Waals surface area contributed by atoms with Gasteiger partial charge >= 0.3 is 0 Å². The Hall–Kier alpha value is -1.88. The standard InChI is InChI=1S/C10H9ClN4O/c1-16-7-2-4-12-9(6-7)14-8-3-5-13-10(11)15-8/h2-6H,1H3,(H,12,13,14,15). The van der Waals surface area contributed by atoms with Gasteiger partial charge in [-0.2, -0.15) is 0 Å². The molecule has 16 heavy (non-hydrogen) atoms. The second kappa shape index (κ2) is 4.76. The summed E-state index contributed by atoms with van der Waals surface area (Å²) in [7, 11) is 1.60. The lowest BCUT2D eigenvalue weighted by Crippen LogP contribution is -1.97. The van der Waals surface area contributed by atoms with Crippen molar-refractivity contribution in [3.05, 3.63) is 35.9 Å². The maximum Gasteiger partial charge on any atom is 0.224 e. The highest BCUT2D eigenvalue weighted by Gasteiger charge is 2.00. The van der Waals surface area contributed by atoms with Crippen molar-refractivity contribution in [3.63, 3.8) is 0 Å². The molecule has 0 saturated carbocycles. The van der Waals surface area contributed by atoms with E-state index in [1.165, 1.54) is 0 Å². The summed E-state index contributed by atoms with van der Waals surface area (Å²) < 4.78 is 5.08. The average molecular weight is 237 g/mol. The molecule has 6 heteroatoms. The van der Waals surface area contributed by atoms with E-state index in [1.54, 1.807) is 37.7 Å².